The molecule has 0 spiro atoms. The van der Waals surface area contributed by atoms with Gasteiger partial charge >= 0.3 is 0 Å². The summed E-state index contributed by atoms with van der Waals surface area (Å²) in [6.07, 6.45) is 3.91. The third kappa shape index (κ3) is 4.09. The molecule has 1 aromatic carbocycles. The molecule has 1 aromatic rings. The molecule has 112 valence electrons. The van der Waals surface area contributed by atoms with E-state index in [0.717, 1.165) is 12.6 Å². The van der Waals surface area contributed by atoms with Gasteiger partial charge in [-0.3, -0.25) is 0 Å². The number of benzene rings is 1. The molecule has 0 radical (unpaired) electrons. The highest BCUT2D eigenvalue weighted by Gasteiger charge is 2.31. The van der Waals surface area contributed by atoms with Crippen molar-refractivity contribution in [2.75, 3.05) is 6.54 Å². The molecule has 1 unspecified atom stereocenters. The Hall–Kier alpha value is -0.820. The Bertz CT molecular complexity index is 414. The molecule has 1 N–H and O–H groups in total. The zero-order chi connectivity index (χ0) is 14.8. The molecular formula is C19H31N. The Morgan fingerprint density at radius 3 is 2.15 bits per heavy atom. The van der Waals surface area contributed by atoms with Gasteiger partial charge in [-0.2, -0.15) is 0 Å². The van der Waals surface area contributed by atoms with Gasteiger partial charge in [0, 0.05) is 12.6 Å². The molecule has 0 amide bonds. The second-order valence-electron chi connectivity index (χ2n) is 7.54. The summed E-state index contributed by atoms with van der Waals surface area (Å²) in [5.41, 5.74) is 3.27. The van der Waals surface area contributed by atoms with Crippen LogP contribution in [0.25, 0.3) is 0 Å². The number of hydrogen-bond acceptors (Lipinski definition) is 1. The van der Waals surface area contributed by atoms with E-state index in [2.05, 4.69) is 64.2 Å². The van der Waals surface area contributed by atoms with Crippen LogP contribution in [0.3, 0.4) is 0 Å². The molecule has 0 heterocycles. The SMILES string of the molecule is CC(C)c1ccc(CC(C)(CNC2CC2)C(C)C)cc1. The van der Waals surface area contributed by atoms with E-state index >= 15 is 0 Å². The van der Waals surface area contributed by atoms with Gasteiger partial charge in [-0.05, 0) is 47.6 Å². The van der Waals surface area contributed by atoms with Gasteiger partial charge in [-0.25, -0.2) is 0 Å². The minimum atomic E-state index is 0.349. The predicted molar refractivity (Wildman–Crippen MR) is 88.2 cm³/mol. The van der Waals surface area contributed by atoms with Crippen LogP contribution in [0.4, 0.5) is 0 Å². The quantitative estimate of drug-likeness (QED) is 0.755. The van der Waals surface area contributed by atoms with E-state index in [-0.39, 0.29) is 0 Å². The van der Waals surface area contributed by atoms with Crippen molar-refractivity contribution in [3.05, 3.63) is 35.4 Å². The molecule has 1 heteroatoms. The molecule has 20 heavy (non-hydrogen) atoms. The smallest absolute Gasteiger partial charge is 0.00684 e. The maximum atomic E-state index is 3.73. The first-order valence-electron chi connectivity index (χ1n) is 8.23. The number of nitrogens with one attached hydrogen (secondary N) is 1. The Morgan fingerprint density at radius 1 is 1.10 bits per heavy atom. The fraction of sp³-hybridized carbons (Fsp3) is 0.684. The number of rotatable bonds is 7. The van der Waals surface area contributed by atoms with Crippen LogP contribution in [-0.4, -0.2) is 12.6 Å². The maximum absolute atomic E-state index is 3.73. The minimum absolute atomic E-state index is 0.349. The average molecular weight is 273 g/mol. The molecule has 2 rings (SSSR count). The summed E-state index contributed by atoms with van der Waals surface area (Å²) in [6.45, 7) is 12.8. The topological polar surface area (TPSA) is 12.0 Å². The molecule has 1 aliphatic carbocycles. The summed E-state index contributed by atoms with van der Waals surface area (Å²) in [7, 11) is 0. The van der Waals surface area contributed by atoms with Crippen LogP contribution in [0, 0.1) is 11.3 Å². The molecule has 1 nitrogen and oxygen atoms in total. The average Bonchev–Trinajstić information content (AvgIpc) is 3.21. The lowest BCUT2D eigenvalue weighted by Gasteiger charge is -2.34. The van der Waals surface area contributed by atoms with Crippen molar-refractivity contribution in [1.82, 2.24) is 5.32 Å². The first-order valence-corrected chi connectivity index (χ1v) is 8.23. The highest BCUT2D eigenvalue weighted by Crippen LogP contribution is 2.32. The normalized spacial score (nSPS) is 18.6. The molecule has 1 atom stereocenters. The molecule has 1 aliphatic rings. The highest BCUT2D eigenvalue weighted by atomic mass is 15.0. The van der Waals surface area contributed by atoms with E-state index in [4.69, 9.17) is 0 Å². The van der Waals surface area contributed by atoms with Gasteiger partial charge in [0.05, 0.1) is 0 Å². The second kappa shape index (κ2) is 6.30. The van der Waals surface area contributed by atoms with E-state index < -0.39 is 0 Å². The summed E-state index contributed by atoms with van der Waals surface area (Å²) >= 11 is 0. The van der Waals surface area contributed by atoms with Crippen LogP contribution in [0.5, 0.6) is 0 Å². The van der Waals surface area contributed by atoms with Crippen molar-refractivity contribution in [2.45, 2.75) is 65.8 Å². The molecular weight excluding hydrogens is 242 g/mol. The Kier molecular flexibility index (Phi) is 4.90. The minimum Gasteiger partial charge on any atom is -0.313 e. The summed E-state index contributed by atoms with van der Waals surface area (Å²) in [5.74, 6) is 1.32. The van der Waals surface area contributed by atoms with Gasteiger partial charge in [0.15, 0.2) is 0 Å². The van der Waals surface area contributed by atoms with Crippen LogP contribution in [0.1, 0.15) is 64.5 Å². The van der Waals surface area contributed by atoms with Gasteiger partial charge in [-0.1, -0.05) is 58.9 Å². The summed E-state index contributed by atoms with van der Waals surface area (Å²) < 4.78 is 0. The Balaban J connectivity index is 2.02. The van der Waals surface area contributed by atoms with Crippen LogP contribution in [0.15, 0.2) is 24.3 Å². The first kappa shape index (κ1) is 15.6. The van der Waals surface area contributed by atoms with Gasteiger partial charge in [-0.15, -0.1) is 0 Å². The van der Waals surface area contributed by atoms with Crippen molar-refractivity contribution < 1.29 is 0 Å². The molecule has 0 aliphatic heterocycles. The monoisotopic (exact) mass is 273 g/mol. The van der Waals surface area contributed by atoms with E-state index in [1.165, 1.54) is 30.4 Å². The van der Waals surface area contributed by atoms with E-state index in [9.17, 15) is 0 Å². The lowest BCUT2D eigenvalue weighted by Crippen LogP contribution is -2.38. The predicted octanol–water partition coefficient (Wildman–Crippen LogP) is 4.77. The van der Waals surface area contributed by atoms with Crippen molar-refractivity contribution in [3.8, 4) is 0 Å². The van der Waals surface area contributed by atoms with Gasteiger partial charge in [0.2, 0.25) is 0 Å². The zero-order valence-corrected chi connectivity index (χ0v) is 13.9. The highest BCUT2D eigenvalue weighted by molar-refractivity contribution is 5.25. The maximum Gasteiger partial charge on any atom is 0.00684 e. The third-order valence-electron chi connectivity index (χ3n) is 5.02. The van der Waals surface area contributed by atoms with E-state index in [0.29, 0.717) is 17.3 Å². The second-order valence-corrected chi connectivity index (χ2v) is 7.54. The fourth-order valence-electron chi connectivity index (χ4n) is 2.62. The molecule has 1 saturated carbocycles. The van der Waals surface area contributed by atoms with Crippen molar-refractivity contribution >= 4 is 0 Å². The molecule has 0 saturated heterocycles. The van der Waals surface area contributed by atoms with Crippen LogP contribution in [0.2, 0.25) is 0 Å². The van der Waals surface area contributed by atoms with Crippen molar-refractivity contribution in [2.24, 2.45) is 11.3 Å². The van der Waals surface area contributed by atoms with Gasteiger partial charge < -0.3 is 5.32 Å². The molecule has 0 bridgehead atoms. The van der Waals surface area contributed by atoms with Gasteiger partial charge in [0.1, 0.15) is 0 Å². The Morgan fingerprint density at radius 2 is 1.70 bits per heavy atom. The summed E-state index contributed by atoms with van der Waals surface area (Å²) in [6, 6.07) is 10.1. The van der Waals surface area contributed by atoms with Gasteiger partial charge in [0.25, 0.3) is 0 Å². The summed E-state index contributed by atoms with van der Waals surface area (Å²) in [4.78, 5) is 0. The number of hydrogen-bond donors (Lipinski definition) is 1. The lowest BCUT2D eigenvalue weighted by molar-refractivity contribution is 0.206. The van der Waals surface area contributed by atoms with Crippen LogP contribution >= 0.6 is 0 Å². The molecule has 0 aromatic heterocycles. The van der Waals surface area contributed by atoms with Crippen molar-refractivity contribution in [3.63, 3.8) is 0 Å². The fourth-order valence-corrected chi connectivity index (χ4v) is 2.62. The zero-order valence-electron chi connectivity index (χ0n) is 13.9. The van der Waals surface area contributed by atoms with Crippen molar-refractivity contribution in [1.29, 1.82) is 0 Å². The van der Waals surface area contributed by atoms with E-state index in [1.54, 1.807) is 0 Å². The van der Waals surface area contributed by atoms with Crippen LogP contribution in [-0.2, 0) is 6.42 Å². The summed E-state index contributed by atoms with van der Waals surface area (Å²) in [5, 5.41) is 3.73. The lowest BCUT2D eigenvalue weighted by atomic mass is 9.74. The van der Waals surface area contributed by atoms with Crippen LogP contribution < -0.4 is 5.32 Å². The largest absolute Gasteiger partial charge is 0.313 e. The van der Waals surface area contributed by atoms with E-state index in [1.807, 2.05) is 0 Å². The first-order chi connectivity index (χ1) is 9.40. The third-order valence-corrected chi connectivity index (χ3v) is 5.02. The molecule has 1 fully saturated rings. The standard InChI is InChI=1S/C19H31N/c1-14(2)17-8-6-16(7-9-17)12-19(5,15(3)4)13-20-18-10-11-18/h6-9,14-15,18,20H,10-13H2,1-5H3. The Labute approximate surface area is 125 Å².